The number of H-pyrrole nitrogens is 1. The summed E-state index contributed by atoms with van der Waals surface area (Å²) in [4.78, 5) is 36.2. The molecule has 1 amide bonds. The average Bonchev–Trinajstić information content (AvgIpc) is 3.18. The molecule has 0 unspecified atom stereocenters. The van der Waals surface area contributed by atoms with Gasteiger partial charge in [0.25, 0.3) is 5.56 Å². The van der Waals surface area contributed by atoms with Gasteiger partial charge in [-0.15, -0.1) is 0 Å². The lowest BCUT2D eigenvalue weighted by atomic mass is 10.2. The molecule has 164 valence electrons. The highest BCUT2D eigenvalue weighted by Gasteiger charge is 2.18. The summed E-state index contributed by atoms with van der Waals surface area (Å²) < 4.78 is 12.3. The van der Waals surface area contributed by atoms with E-state index in [1.807, 2.05) is 31.2 Å². The molecule has 0 atom stereocenters. The Kier molecular flexibility index (Phi) is 6.13. The van der Waals surface area contributed by atoms with Crippen molar-refractivity contribution >= 4 is 34.5 Å². The van der Waals surface area contributed by atoms with Crippen LogP contribution in [0, 0.1) is 6.92 Å². The highest BCUT2D eigenvalue weighted by atomic mass is 32.2. The van der Waals surface area contributed by atoms with Gasteiger partial charge in [0.2, 0.25) is 5.91 Å². The van der Waals surface area contributed by atoms with Crippen molar-refractivity contribution in [1.29, 1.82) is 0 Å². The van der Waals surface area contributed by atoms with E-state index in [4.69, 9.17) is 9.47 Å². The van der Waals surface area contributed by atoms with Crippen molar-refractivity contribution in [2.75, 3.05) is 25.3 Å². The van der Waals surface area contributed by atoms with Crippen LogP contribution in [0.5, 0.6) is 11.5 Å². The van der Waals surface area contributed by atoms with Gasteiger partial charge in [-0.05, 0) is 31.2 Å². The third-order valence-corrected chi connectivity index (χ3v) is 5.66. The van der Waals surface area contributed by atoms with Gasteiger partial charge < -0.3 is 19.8 Å². The summed E-state index contributed by atoms with van der Waals surface area (Å²) in [5.74, 6) is 0.922. The quantitative estimate of drug-likeness (QED) is 0.415. The van der Waals surface area contributed by atoms with E-state index in [2.05, 4.69) is 20.3 Å². The number of carbonyl (C=O) groups excluding carboxylic acids is 1. The highest BCUT2D eigenvalue weighted by Crippen LogP contribution is 2.30. The molecule has 4 rings (SSSR count). The van der Waals surface area contributed by atoms with E-state index in [0.717, 1.165) is 11.3 Å². The van der Waals surface area contributed by atoms with Gasteiger partial charge >= 0.3 is 0 Å². The largest absolute Gasteiger partial charge is 0.497 e. The summed E-state index contributed by atoms with van der Waals surface area (Å²) in [6, 6.07) is 12.9. The number of aryl methyl sites for hydroxylation is 1. The van der Waals surface area contributed by atoms with Crippen LogP contribution in [0.25, 0.3) is 16.9 Å². The first-order valence-electron chi connectivity index (χ1n) is 9.68. The zero-order valence-electron chi connectivity index (χ0n) is 17.7. The zero-order valence-corrected chi connectivity index (χ0v) is 18.5. The van der Waals surface area contributed by atoms with E-state index in [9.17, 15) is 9.59 Å². The number of nitrogens with one attached hydrogen (secondary N) is 2. The van der Waals surface area contributed by atoms with E-state index >= 15 is 0 Å². The lowest BCUT2D eigenvalue weighted by molar-refractivity contribution is -0.113. The number of methoxy groups -OCH3 is 2. The smallest absolute Gasteiger partial charge is 0.278 e. The van der Waals surface area contributed by atoms with Crippen LogP contribution in [0.4, 0.5) is 5.69 Å². The number of aromatic nitrogens is 4. The van der Waals surface area contributed by atoms with E-state index in [-0.39, 0.29) is 22.7 Å². The van der Waals surface area contributed by atoms with Gasteiger partial charge in [-0.25, -0.2) is 9.97 Å². The fourth-order valence-corrected chi connectivity index (χ4v) is 3.94. The maximum absolute atomic E-state index is 12.7. The average molecular weight is 452 g/mol. The van der Waals surface area contributed by atoms with Crippen molar-refractivity contribution in [3.63, 3.8) is 0 Å². The van der Waals surface area contributed by atoms with Crippen LogP contribution in [-0.4, -0.2) is 45.4 Å². The third-order valence-electron chi connectivity index (χ3n) is 4.73. The number of hydrogen-bond donors (Lipinski definition) is 2. The molecule has 0 aliphatic heterocycles. The first kappa shape index (κ1) is 21.4. The normalized spacial score (nSPS) is 10.8. The predicted octanol–water partition coefficient (Wildman–Crippen LogP) is 3.17. The summed E-state index contributed by atoms with van der Waals surface area (Å²) in [6.45, 7) is 1.99. The first-order valence-corrected chi connectivity index (χ1v) is 10.7. The van der Waals surface area contributed by atoms with Gasteiger partial charge in [-0.2, -0.15) is 0 Å². The SMILES string of the molecule is COc1ccc(OC)c(NC(=O)CSc2nc3c(=O)[nH]cnc3n2-c2ccc(C)cc2)c1. The van der Waals surface area contributed by atoms with Crippen LogP contribution in [0.1, 0.15) is 5.56 Å². The Labute approximate surface area is 187 Å². The molecule has 4 aromatic rings. The van der Waals surface area contributed by atoms with Gasteiger partial charge in [0, 0.05) is 11.8 Å². The number of rotatable bonds is 7. The standard InChI is InChI=1S/C22H21N5O4S/c1-13-4-6-14(7-5-13)27-20-19(21(29)24-12-23-20)26-22(27)32-11-18(28)25-16-10-15(30-2)8-9-17(16)31-3/h4-10,12H,11H2,1-3H3,(H,25,28)(H,23,24,29). The molecular weight excluding hydrogens is 430 g/mol. The second kappa shape index (κ2) is 9.15. The lowest BCUT2D eigenvalue weighted by Gasteiger charge is -2.12. The second-order valence-corrected chi connectivity index (χ2v) is 7.81. The Morgan fingerprint density at radius 2 is 1.94 bits per heavy atom. The number of anilines is 1. The Bertz CT molecular complexity index is 1330. The molecule has 2 N–H and O–H groups in total. The molecule has 0 aliphatic rings. The zero-order chi connectivity index (χ0) is 22.7. The van der Waals surface area contributed by atoms with E-state index in [1.165, 1.54) is 25.2 Å². The number of imidazole rings is 1. The number of nitrogens with zero attached hydrogens (tertiary/aromatic N) is 3. The van der Waals surface area contributed by atoms with Crippen LogP contribution in [0.2, 0.25) is 0 Å². The number of benzene rings is 2. The molecule has 0 saturated carbocycles. The molecule has 32 heavy (non-hydrogen) atoms. The summed E-state index contributed by atoms with van der Waals surface area (Å²) >= 11 is 1.21. The first-order chi connectivity index (χ1) is 15.5. The van der Waals surface area contributed by atoms with E-state index in [1.54, 1.807) is 29.9 Å². The minimum Gasteiger partial charge on any atom is -0.497 e. The molecule has 10 heteroatoms. The molecular formula is C22H21N5O4S. The van der Waals surface area contributed by atoms with Crippen LogP contribution in [0.3, 0.4) is 0 Å². The molecule has 9 nitrogen and oxygen atoms in total. The molecule has 0 bridgehead atoms. The Morgan fingerprint density at radius 1 is 1.16 bits per heavy atom. The van der Waals surface area contributed by atoms with Gasteiger partial charge in [-0.3, -0.25) is 14.2 Å². The second-order valence-electron chi connectivity index (χ2n) is 6.87. The molecule has 2 heterocycles. The molecule has 0 radical (unpaired) electrons. The molecule has 0 fully saturated rings. The maximum Gasteiger partial charge on any atom is 0.278 e. The fourth-order valence-electron chi connectivity index (χ4n) is 3.14. The van der Waals surface area contributed by atoms with Crippen molar-refractivity contribution in [1.82, 2.24) is 19.5 Å². The Morgan fingerprint density at radius 3 is 2.66 bits per heavy atom. The Balaban J connectivity index is 1.62. The third kappa shape index (κ3) is 4.30. The summed E-state index contributed by atoms with van der Waals surface area (Å²) in [5, 5.41) is 3.32. The topological polar surface area (TPSA) is 111 Å². The van der Waals surface area contributed by atoms with Crippen LogP contribution < -0.4 is 20.3 Å². The van der Waals surface area contributed by atoms with E-state index < -0.39 is 0 Å². The fraction of sp³-hybridized carbons (Fsp3) is 0.182. The number of amides is 1. The van der Waals surface area contributed by atoms with Crippen LogP contribution in [-0.2, 0) is 4.79 Å². The van der Waals surface area contributed by atoms with E-state index in [0.29, 0.717) is 28.0 Å². The number of fused-ring (bicyclic) bond motifs is 1. The maximum atomic E-state index is 12.7. The summed E-state index contributed by atoms with van der Waals surface area (Å²) in [5.41, 5.74) is 2.70. The number of ether oxygens (including phenoxy) is 2. The Hall–Kier alpha value is -3.79. The van der Waals surface area contributed by atoms with Crippen molar-refractivity contribution < 1.29 is 14.3 Å². The molecule has 0 spiro atoms. The van der Waals surface area contributed by atoms with Crippen molar-refractivity contribution in [3.8, 4) is 17.2 Å². The van der Waals surface area contributed by atoms with Gasteiger partial charge in [0.15, 0.2) is 16.3 Å². The van der Waals surface area contributed by atoms with Crippen molar-refractivity contribution in [2.24, 2.45) is 0 Å². The molecule has 0 aliphatic carbocycles. The van der Waals surface area contributed by atoms with Crippen LogP contribution in [0.15, 0.2) is 58.7 Å². The number of hydrogen-bond acceptors (Lipinski definition) is 7. The number of carbonyl (C=O) groups is 1. The predicted molar refractivity (Wildman–Crippen MR) is 123 cm³/mol. The minimum atomic E-state index is -0.340. The van der Waals surface area contributed by atoms with Gasteiger partial charge in [-0.1, -0.05) is 29.5 Å². The monoisotopic (exact) mass is 451 g/mol. The van der Waals surface area contributed by atoms with Crippen molar-refractivity contribution in [3.05, 3.63) is 64.7 Å². The summed E-state index contributed by atoms with van der Waals surface area (Å²) in [6.07, 6.45) is 1.34. The van der Waals surface area contributed by atoms with Crippen LogP contribution >= 0.6 is 11.8 Å². The molecule has 2 aromatic carbocycles. The highest BCUT2D eigenvalue weighted by molar-refractivity contribution is 7.99. The minimum absolute atomic E-state index is 0.0629. The molecule has 0 saturated heterocycles. The number of thioether (sulfide) groups is 1. The molecule has 2 aromatic heterocycles. The lowest BCUT2D eigenvalue weighted by Crippen LogP contribution is -2.15. The summed E-state index contributed by atoms with van der Waals surface area (Å²) in [7, 11) is 3.08. The number of aromatic amines is 1. The van der Waals surface area contributed by atoms with Gasteiger partial charge in [0.1, 0.15) is 11.5 Å². The van der Waals surface area contributed by atoms with Gasteiger partial charge in [0.05, 0.1) is 32.0 Å². The van der Waals surface area contributed by atoms with Crippen molar-refractivity contribution in [2.45, 2.75) is 12.1 Å².